The number of fused-ring (bicyclic) bond motifs is 1. The summed E-state index contributed by atoms with van der Waals surface area (Å²) in [6.07, 6.45) is 4.37. The van der Waals surface area contributed by atoms with Gasteiger partial charge in [0, 0.05) is 28.9 Å². The summed E-state index contributed by atoms with van der Waals surface area (Å²) in [5.41, 5.74) is 9.26. The predicted octanol–water partition coefficient (Wildman–Crippen LogP) is 4.47. The van der Waals surface area contributed by atoms with E-state index in [0.29, 0.717) is 25.2 Å². The quantitative estimate of drug-likeness (QED) is 0.354. The Morgan fingerprint density at radius 1 is 1.08 bits per heavy atom. The Morgan fingerprint density at radius 2 is 1.89 bits per heavy atom. The van der Waals surface area contributed by atoms with Crippen LogP contribution in [0.1, 0.15) is 24.5 Å². The number of carbonyl (C=O) groups is 2. The summed E-state index contributed by atoms with van der Waals surface area (Å²) < 4.78 is 11.4. The van der Waals surface area contributed by atoms with Crippen LogP contribution in [0.15, 0.2) is 79.1 Å². The minimum absolute atomic E-state index is 0.269. The number of nitrogens with two attached hydrogens (primary N) is 1. The number of carbonyl (C=O) groups excluding carboxylic acids is 2. The molecule has 1 fully saturated rings. The maximum atomic E-state index is 12.5. The molecule has 7 nitrogen and oxygen atoms in total. The summed E-state index contributed by atoms with van der Waals surface area (Å²) in [4.78, 5) is 33.3. The van der Waals surface area contributed by atoms with Crippen LogP contribution in [0, 0.1) is 11.3 Å². The summed E-state index contributed by atoms with van der Waals surface area (Å²) >= 11 is 0. The van der Waals surface area contributed by atoms with Crippen LogP contribution in [0.4, 0.5) is 0 Å². The van der Waals surface area contributed by atoms with Gasteiger partial charge in [-0.1, -0.05) is 30.3 Å². The number of amides is 1. The number of nitrogens with zero attached hydrogens (tertiary/aromatic N) is 2. The molecule has 0 radical (unpaired) electrons. The van der Waals surface area contributed by atoms with Gasteiger partial charge in [-0.3, -0.25) is 14.6 Å². The molecule has 0 saturated heterocycles. The lowest BCUT2D eigenvalue weighted by Crippen LogP contribution is -2.28. The van der Waals surface area contributed by atoms with Crippen LogP contribution in [-0.2, 0) is 27.4 Å². The molecule has 182 valence electrons. The Balaban J connectivity index is 1.33. The van der Waals surface area contributed by atoms with Crippen molar-refractivity contribution in [2.45, 2.75) is 26.4 Å². The molecule has 0 spiro atoms. The van der Waals surface area contributed by atoms with Gasteiger partial charge >= 0.3 is 5.97 Å². The summed E-state index contributed by atoms with van der Waals surface area (Å²) in [6, 6.07) is 21.5. The number of primary amides is 1. The zero-order valence-corrected chi connectivity index (χ0v) is 20.0. The highest BCUT2D eigenvalue weighted by Gasteiger charge is 2.63. The average molecular weight is 482 g/mol. The monoisotopic (exact) mass is 481 g/mol. The fraction of sp³-hybridized carbons (Fsp3) is 0.241. The molecule has 1 aliphatic carbocycles. The normalized spacial score (nSPS) is 18.5. The summed E-state index contributed by atoms with van der Waals surface area (Å²) in [5, 5.41) is 1.03. The third kappa shape index (κ3) is 4.64. The van der Waals surface area contributed by atoms with Crippen molar-refractivity contribution < 1.29 is 19.1 Å². The van der Waals surface area contributed by atoms with Crippen molar-refractivity contribution in [1.29, 1.82) is 0 Å². The van der Waals surface area contributed by atoms with Crippen molar-refractivity contribution in [3.63, 3.8) is 0 Å². The second-order valence-corrected chi connectivity index (χ2v) is 9.07. The van der Waals surface area contributed by atoms with E-state index in [-0.39, 0.29) is 12.6 Å². The van der Waals surface area contributed by atoms with E-state index < -0.39 is 17.2 Å². The zero-order valence-electron chi connectivity index (χ0n) is 20.0. The lowest BCUT2D eigenvalue weighted by molar-refractivity contribution is -0.151. The van der Waals surface area contributed by atoms with E-state index in [1.54, 1.807) is 19.3 Å². The molecule has 2 aromatic heterocycles. The number of esters is 1. The number of ether oxygens (including phenoxy) is 2. The topological polar surface area (TPSA) is 104 Å². The van der Waals surface area contributed by atoms with Crippen molar-refractivity contribution in [2.24, 2.45) is 17.1 Å². The predicted molar refractivity (Wildman–Crippen MR) is 136 cm³/mol. The highest BCUT2D eigenvalue weighted by atomic mass is 16.5. The summed E-state index contributed by atoms with van der Waals surface area (Å²) in [5.74, 6) is -0.599. The fourth-order valence-corrected chi connectivity index (χ4v) is 4.70. The van der Waals surface area contributed by atoms with Gasteiger partial charge in [-0.25, -0.2) is 4.98 Å². The number of hydrogen-bond acceptors (Lipinski definition) is 6. The van der Waals surface area contributed by atoms with E-state index in [4.69, 9.17) is 20.2 Å². The molecule has 2 heterocycles. The Labute approximate surface area is 209 Å². The number of para-hydroxylation sites is 1. The van der Waals surface area contributed by atoms with Gasteiger partial charge in [0.15, 0.2) is 0 Å². The SMILES string of the molecule is CCOC(=O)[C@@]1(Cc2ccc(OCc3cc(-c4cccnc4)nc4ccccc34)cc2)C[C@@H]1C(N)=O. The smallest absolute Gasteiger partial charge is 0.313 e. The minimum Gasteiger partial charge on any atom is -0.489 e. The maximum Gasteiger partial charge on any atom is 0.313 e. The van der Waals surface area contributed by atoms with Crippen LogP contribution < -0.4 is 10.5 Å². The molecule has 5 rings (SSSR count). The van der Waals surface area contributed by atoms with Gasteiger partial charge in [-0.05, 0) is 61.7 Å². The number of pyridine rings is 2. The Kier molecular flexibility index (Phi) is 6.38. The van der Waals surface area contributed by atoms with E-state index >= 15 is 0 Å². The standard InChI is InChI=1S/C29H27N3O4/c1-2-35-28(34)29(16-24(29)27(30)33)15-19-9-11-22(12-10-19)36-18-21-14-26(20-6-5-13-31-17-20)32-25-8-4-3-7-23(21)25/h3-14,17,24H,2,15-16,18H2,1H3,(H2,30,33)/t24-,29+/m1/s1. The first-order valence-corrected chi connectivity index (χ1v) is 12.0. The average Bonchev–Trinajstić information content (AvgIpc) is 3.64. The van der Waals surface area contributed by atoms with Gasteiger partial charge < -0.3 is 15.2 Å². The first-order chi connectivity index (χ1) is 17.5. The van der Waals surface area contributed by atoms with Crippen LogP contribution in [0.5, 0.6) is 5.75 Å². The molecule has 7 heteroatoms. The molecule has 2 aromatic carbocycles. The fourth-order valence-electron chi connectivity index (χ4n) is 4.70. The molecule has 4 aromatic rings. The van der Waals surface area contributed by atoms with E-state index in [9.17, 15) is 9.59 Å². The lowest BCUT2D eigenvalue weighted by Gasteiger charge is -2.16. The molecule has 36 heavy (non-hydrogen) atoms. The van der Waals surface area contributed by atoms with Gasteiger partial charge in [0.05, 0.1) is 29.2 Å². The highest BCUT2D eigenvalue weighted by Crippen LogP contribution is 2.55. The van der Waals surface area contributed by atoms with E-state index in [1.165, 1.54) is 0 Å². The zero-order chi connectivity index (χ0) is 25.1. The van der Waals surface area contributed by atoms with E-state index in [1.807, 2.05) is 66.7 Å². The molecular weight excluding hydrogens is 454 g/mol. The third-order valence-electron chi connectivity index (χ3n) is 6.70. The first kappa shape index (κ1) is 23.5. The number of rotatable bonds is 9. The van der Waals surface area contributed by atoms with Crippen molar-refractivity contribution >= 4 is 22.8 Å². The van der Waals surface area contributed by atoms with Crippen LogP contribution in [0.25, 0.3) is 22.2 Å². The molecule has 0 unspecified atom stereocenters. The Morgan fingerprint density at radius 3 is 2.58 bits per heavy atom. The van der Waals surface area contributed by atoms with Gasteiger partial charge in [0.1, 0.15) is 12.4 Å². The third-order valence-corrected chi connectivity index (χ3v) is 6.70. The van der Waals surface area contributed by atoms with Crippen molar-refractivity contribution in [3.8, 4) is 17.0 Å². The molecule has 1 saturated carbocycles. The molecule has 1 amide bonds. The molecule has 0 bridgehead atoms. The van der Waals surface area contributed by atoms with E-state index in [0.717, 1.165) is 33.3 Å². The van der Waals surface area contributed by atoms with Gasteiger partial charge in [0.2, 0.25) is 5.91 Å². The lowest BCUT2D eigenvalue weighted by atomic mass is 9.93. The first-order valence-electron chi connectivity index (χ1n) is 12.0. The van der Waals surface area contributed by atoms with Crippen LogP contribution in [-0.4, -0.2) is 28.5 Å². The second-order valence-electron chi connectivity index (χ2n) is 9.07. The maximum absolute atomic E-state index is 12.5. The Bertz CT molecular complexity index is 1410. The van der Waals surface area contributed by atoms with Gasteiger partial charge in [0.25, 0.3) is 0 Å². The van der Waals surface area contributed by atoms with Crippen molar-refractivity contribution in [2.75, 3.05) is 6.61 Å². The van der Waals surface area contributed by atoms with Crippen molar-refractivity contribution in [1.82, 2.24) is 9.97 Å². The van der Waals surface area contributed by atoms with Crippen LogP contribution >= 0.6 is 0 Å². The second kappa shape index (κ2) is 9.77. The Hall–Kier alpha value is -4.26. The van der Waals surface area contributed by atoms with Gasteiger partial charge in [-0.2, -0.15) is 0 Å². The van der Waals surface area contributed by atoms with Crippen LogP contribution in [0.2, 0.25) is 0 Å². The van der Waals surface area contributed by atoms with Gasteiger partial charge in [-0.15, -0.1) is 0 Å². The molecule has 1 aliphatic rings. The minimum atomic E-state index is -0.858. The number of benzene rings is 2. The summed E-state index contributed by atoms with van der Waals surface area (Å²) in [6.45, 7) is 2.39. The molecule has 2 atom stereocenters. The number of aromatic nitrogens is 2. The summed E-state index contributed by atoms with van der Waals surface area (Å²) in [7, 11) is 0. The van der Waals surface area contributed by atoms with Crippen molar-refractivity contribution in [3.05, 3.63) is 90.3 Å². The molecule has 2 N–H and O–H groups in total. The largest absolute Gasteiger partial charge is 0.489 e. The van der Waals surface area contributed by atoms with Crippen LogP contribution in [0.3, 0.4) is 0 Å². The molecule has 0 aliphatic heterocycles. The van der Waals surface area contributed by atoms with E-state index in [2.05, 4.69) is 4.98 Å². The number of hydrogen-bond donors (Lipinski definition) is 1. The highest BCUT2D eigenvalue weighted by molar-refractivity contribution is 5.93. The molecular formula is C29H27N3O4.